The number of halogens is 2. The maximum absolute atomic E-state index is 12.8. The van der Waals surface area contributed by atoms with Crippen molar-refractivity contribution >= 4 is 17.6 Å². The summed E-state index contributed by atoms with van der Waals surface area (Å²) in [6, 6.07) is 6.15. The van der Waals surface area contributed by atoms with Crippen molar-refractivity contribution in [1.29, 1.82) is 0 Å². The number of carbonyl (C=O) groups excluding carboxylic acids is 2. The van der Waals surface area contributed by atoms with Crippen molar-refractivity contribution in [1.82, 2.24) is 15.3 Å². The molecule has 7 nitrogen and oxygen atoms in total. The lowest BCUT2D eigenvalue weighted by molar-refractivity contribution is -0.120. The largest absolute Gasteiger partial charge is 0.471 e. The van der Waals surface area contributed by atoms with Crippen molar-refractivity contribution in [2.24, 2.45) is 5.41 Å². The molecule has 9 heteroatoms. The van der Waals surface area contributed by atoms with Crippen LogP contribution in [0.3, 0.4) is 0 Å². The maximum Gasteiger partial charge on any atom is 0.278 e. The monoisotopic (exact) mass is 404 g/mol. The highest BCUT2D eigenvalue weighted by Gasteiger charge is 2.45. The predicted molar refractivity (Wildman–Crippen MR) is 102 cm³/mol. The molecule has 29 heavy (non-hydrogen) atoms. The zero-order valence-corrected chi connectivity index (χ0v) is 16.2. The molecule has 0 bridgehead atoms. The van der Waals surface area contributed by atoms with Gasteiger partial charge in [-0.15, -0.1) is 0 Å². The average Bonchev–Trinajstić information content (AvgIpc) is 3.44. The second-order valence-electron chi connectivity index (χ2n) is 7.49. The van der Waals surface area contributed by atoms with Gasteiger partial charge in [0.25, 0.3) is 11.8 Å². The first-order chi connectivity index (χ1) is 13.6. The Kier molecular flexibility index (Phi) is 5.76. The number of alkyl halides is 2. The summed E-state index contributed by atoms with van der Waals surface area (Å²) in [5.41, 5.74) is 0.697. The van der Waals surface area contributed by atoms with Crippen LogP contribution in [0.2, 0.25) is 0 Å². The van der Waals surface area contributed by atoms with Gasteiger partial charge < -0.3 is 15.4 Å². The summed E-state index contributed by atoms with van der Waals surface area (Å²) in [4.78, 5) is 32.5. The number of nitrogens with one attached hydrogen (secondary N) is 2. The van der Waals surface area contributed by atoms with Crippen LogP contribution >= 0.6 is 0 Å². The quantitative estimate of drug-likeness (QED) is 0.705. The second kappa shape index (κ2) is 8.10. The highest BCUT2D eigenvalue weighted by molar-refractivity contribution is 5.98. The lowest BCUT2D eigenvalue weighted by atomic mass is 10.1. The molecule has 0 atom stereocenters. The van der Waals surface area contributed by atoms with Crippen molar-refractivity contribution in [2.75, 3.05) is 11.9 Å². The van der Waals surface area contributed by atoms with Crippen molar-refractivity contribution in [3.05, 3.63) is 47.8 Å². The number of rotatable bonds is 8. The maximum atomic E-state index is 12.8. The highest BCUT2D eigenvalue weighted by Crippen LogP contribution is 2.45. The van der Waals surface area contributed by atoms with Gasteiger partial charge in [-0.2, -0.15) is 0 Å². The molecule has 154 valence electrons. The predicted octanol–water partition coefficient (Wildman–Crippen LogP) is 3.18. The van der Waals surface area contributed by atoms with Gasteiger partial charge in [0.2, 0.25) is 11.8 Å². The number of carbonyl (C=O) groups is 2. The summed E-state index contributed by atoms with van der Waals surface area (Å²) in [6.45, 7) is 2.09. The molecule has 2 heterocycles. The van der Waals surface area contributed by atoms with E-state index in [9.17, 15) is 18.4 Å². The Balaban J connectivity index is 1.52. The third kappa shape index (κ3) is 5.94. The minimum absolute atomic E-state index is 0.0838. The molecule has 0 unspecified atom stereocenters. The molecular formula is C20H22F2N4O3. The number of hydrogen-bond donors (Lipinski definition) is 2. The minimum atomic E-state index is -2.94. The van der Waals surface area contributed by atoms with Crippen LogP contribution in [0.4, 0.5) is 14.6 Å². The van der Waals surface area contributed by atoms with Gasteiger partial charge in [0.1, 0.15) is 5.82 Å². The fourth-order valence-corrected chi connectivity index (χ4v) is 2.41. The van der Waals surface area contributed by atoms with Crippen LogP contribution in [-0.4, -0.2) is 34.3 Å². The summed E-state index contributed by atoms with van der Waals surface area (Å²) in [7, 11) is 0. The normalized spacial score (nSPS) is 14.8. The standard InChI is InChI=1S/C20H22F2N4O3/c1-19(6-7-19)18(28)26-15-9-14(5-8-23-15)17(27)25-11-13-3-4-16(24-10-13)29-12-20(2,21)22/h3-5,8-10H,6-7,11-12H2,1-2H3,(H,25,27)(H,23,26,28). The molecule has 0 spiro atoms. The third-order valence-electron chi connectivity index (χ3n) is 4.54. The van der Waals surface area contributed by atoms with E-state index < -0.39 is 12.5 Å². The average molecular weight is 404 g/mol. The molecule has 0 aliphatic heterocycles. The molecule has 2 aromatic rings. The molecule has 0 saturated heterocycles. The van der Waals surface area contributed by atoms with E-state index in [1.165, 1.54) is 24.5 Å². The summed E-state index contributed by atoms with van der Waals surface area (Å²) >= 11 is 0. The third-order valence-corrected chi connectivity index (χ3v) is 4.54. The van der Waals surface area contributed by atoms with Crippen molar-refractivity contribution in [3.8, 4) is 5.88 Å². The fraction of sp³-hybridized carbons (Fsp3) is 0.400. The number of amides is 2. The first-order valence-electron chi connectivity index (χ1n) is 9.16. The first-order valence-corrected chi connectivity index (χ1v) is 9.16. The van der Waals surface area contributed by atoms with Crippen molar-refractivity contribution in [2.45, 2.75) is 39.2 Å². The van der Waals surface area contributed by atoms with E-state index in [2.05, 4.69) is 20.6 Å². The Morgan fingerprint density at radius 2 is 2.00 bits per heavy atom. The fourth-order valence-electron chi connectivity index (χ4n) is 2.41. The Hall–Kier alpha value is -3.10. The topological polar surface area (TPSA) is 93.2 Å². The van der Waals surface area contributed by atoms with Gasteiger partial charge >= 0.3 is 0 Å². The van der Waals surface area contributed by atoms with Gasteiger partial charge in [-0.1, -0.05) is 13.0 Å². The van der Waals surface area contributed by atoms with Crippen LogP contribution in [0.1, 0.15) is 42.6 Å². The van der Waals surface area contributed by atoms with E-state index >= 15 is 0 Å². The summed E-state index contributed by atoms with van der Waals surface area (Å²) in [6.07, 6.45) is 4.59. The van der Waals surface area contributed by atoms with Gasteiger partial charge in [-0.25, -0.2) is 18.7 Å². The lowest BCUT2D eigenvalue weighted by Gasteiger charge is -2.12. The van der Waals surface area contributed by atoms with Gasteiger partial charge in [0.15, 0.2) is 6.61 Å². The molecule has 0 radical (unpaired) electrons. The van der Waals surface area contributed by atoms with E-state index in [1.807, 2.05) is 6.92 Å². The van der Waals surface area contributed by atoms with Crippen LogP contribution in [0, 0.1) is 5.41 Å². The van der Waals surface area contributed by atoms with Crippen molar-refractivity contribution < 1.29 is 23.1 Å². The molecule has 2 amide bonds. The van der Waals surface area contributed by atoms with Crippen LogP contribution in [0.5, 0.6) is 5.88 Å². The molecule has 1 aliphatic carbocycles. The zero-order chi connectivity index (χ0) is 21.1. The number of hydrogen-bond acceptors (Lipinski definition) is 5. The molecule has 1 fully saturated rings. The van der Waals surface area contributed by atoms with E-state index in [1.54, 1.807) is 12.1 Å². The van der Waals surface area contributed by atoms with Crippen LogP contribution in [0.15, 0.2) is 36.7 Å². The van der Waals surface area contributed by atoms with E-state index in [-0.39, 0.29) is 29.7 Å². The number of nitrogens with zero attached hydrogens (tertiary/aromatic N) is 2. The Bertz CT molecular complexity index is 893. The summed E-state index contributed by atoms with van der Waals surface area (Å²) < 4.78 is 30.5. The molecule has 1 saturated carbocycles. The summed E-state index contributed by atoms with van der Waals surface area (Å²) in [5, 5.41) is 5.47. The molecule has 0 aromatic carbocycles. The van der Waals surface area contributed by atoms with Crippen LogP contribution in [0.25, 0.3) is 0 Å². The molecule has 2 aromatic heterocycles. The Labute approximate surface area is 166 Å². The molecular weight excluding hydrogens is 382 g/mol. The molecule has 3 rings (SSSR count). The molecule has 1 aliphatic rings. The zero-order valence-electron chi connectivity index (χ0n) is 16.2. The smallest absolute Gasteiger partial charge is 0.278 e. The minimum Gasteiger partial charge on any atom is -0.471 e. The highest BCUT2D eigenvalue weighted by atomic mass is 19.3. The van der Waals surface area contributed by atoms with E-state index in [0.717, 1.165) is 19.8 Å². The van der Waals surface area contributed by atoms with Gasteiger partial charge in [0.05, 0.1) is 0 Å². The van der Waals surface area contributed by atoms with Gasteiger partial charge in [-0.05, 0) is 30.5 Å². The van der Waals surface area contributed by atoms with Crippen LogP contribution in [-0.2, 0) is 11.3 Å². The number of ether oxygens (including phenoxy) is 1. The molecule has 2 N–H and O–H groups in total. The van der Waals surface area contributed by atoms with E-state index in [0.29, 0.717) is 16.9 Å². The Morgan fingerprint density at radius 1 is 1.24 bits per heavy atom. The van der Waals surface area contributed by atoms with Crippen LogP contribution < -0.4 is 15.4 Å². The number of pyridine rings is 2. The summed E-state index contributed by atoms with van der Waals surface area (Å²) in [5.74, 6) is -2.97. The number of anilines is 1. The SMILES string of the molecule is CC(F)(F)COc1ccc(CNC(=O)c2ccnc(NC(=O)C3(C)CC3)c2)cn1. The Morgan fingerprint density at radius 3 is 2.62 bits per heavy atom. The second-order valence-corrected chi connectivity index (χ2v) is 7.49. The lowest BCUT2D eigenvalue weighted by Crippen LogP contribution is -2.24. The van der Waals surface area contributed by atoms with E-state index in [4.69, 9.17) is 4.74 Å². The first kappa shape index (κ1) is 20.6. The van der Waals surface area contributed by atoms with Gasteiger partial charge in [0, 0.05) is 42.9 Å². The van der Waals surface area contributed by atoms with Gasteiger partial charge in [-0.3, -0.25) is 9.59 Å². The number of aromatic nitrogens is 2. The van der Waals surface area contributed by atoms with Crippen molar-refractivity contribution in [3.63, 3.8) is 0 Å².